The van der Waals surface area contributed by atoms with E-state index >= 15 is 0 Å². The summed E-state index contributed by atoms with van der Waals surface area (Å²) in [6.07, 6.45) is 0.497. The van der Waals surface area contributed by atoms with Crippen LogP contribution in [0.1, 0.15) is 21.6 Å². The molecule has 1 aromatic carbocycles. The molecule has 1 heterocycles. The summed E-state index contributed by atoms with van der Waals surface area (Å²) in [5.74, 6) is 0. The molecule has 0 spiro atoms. The van der Waals surface area contributed by atoms with Gasteiger partial charge < -0.3 is 0 Å². The highest BCUT2D eigenvalue weighted by Crippen LogP contribution is 2.30. The number of pyridine rings is 1. The molecule has 2 aromatic rings. The molecular formula is C14H12N2O3S. The van der Waals surface area contributed by atoms with Gasteiger partial charge in [0.05, 0.1) is 10.5 Å². The van der Waals surface area contributed by atoms with Crippen LogP contribution in [0.25, 0.3) is 0 Å². The van der Waals surface area contributed by atoms with E-state index in [4.69, 9.17) is 0 Å². The van der Waals surface area contributed by atoms with Gasteiger partial charge >= 0.3 is 0 Å². The first-order valence-electron chi connectivity index (χ1n) is 5.86. The van der Waals surface area contributed by atoms with Gasteiger partial charge in [-0.2, -0.15) is 0 Å². The third-order valence-electron chi connectivity index (χ3n) is 2.62. The minimum Gasteiger partial charge on any atom is -0.298 e. The van der Waals surface area contributed by atoms with E-state index in [2.05, 4.69) is 4.98 Å². The maximum atomic E-state index is 10.9. The summed E-state index contributed by atoms with van der Waals surface area (Å²) in [7, 11) is 0. The van der Waals surface area contributed by atoms with Crippen molar-refractivity contribution in [3.8, 4) is 0 Å². The van der Waals surface area contributed by atoms with Gasteiger partial charge in [-0.25, -0.2) is 4.98 Å². The average molecular weight is 288 g/mol. The largest absolute Gasteiger partial charge is 0.298 e. The fourth-order valence-electron chi connectivity index (χ4n) is 1.83. The van der Waals surface area contributed by atoms with E-state index in [-0.39, 0.29) is 11.3 Å². The summed E-state index contributed by atoms with van der Waals surface area (Å²) in [6, 6.07) is 8.37. The monoisotopic (exact) mass is 288 g/mol. The van der Waals surface area contributed by atoms with Gasteiger partial charge in [0.25, 0.3) is 5.69 Å². The van der Waals surface area contributed by atoms with E-state index in [0.29, 0.717) is 6.29 Å². The molecule has 0 amide bonds. The second-order valence-electron chi connectivity index (χ2n) is 4.32. The number of rotatable bonds is 4. The van der Waals surface area contributed by atoms with Crippen molar-refractivity contribution in [3.05, 3.63) is 57.3 Å². The van der Waals surface area contributed by atoms with E-state index in [9.17, 15) is 14.9 Å². The number of hydrogen-bond donors (Lipinski definition) is 0. The van der Waals surface area contributed by atoms with E-state index in [1.54, 1.807) is 6.07 Å². The summed E-state index contributed by atoms with van der Waals surface area (Å²) < 4.78 is 0. The second kappa shape index (κ2) is 5.83. The van der Waals surface area contributed by atoms with Crippen molar-refractivity contribution in [3.63, 3.8) is 0 Å². The molecule has 1 aromatic heterocycles. The first kappa shape index (κ1) is 14.2. The molecule has 20 heavy (non-hydrogen) atoms. The first-order valence-corrected chi connectivity index (χ1v) is 6.68. The van der Waals surface area contributed by atoms with Crippen molar-refractivity contribution in [1.29, 1.82) is 0 Å². The van der Waals surface area contributed by atoms with E-state index in [0.717, 1.165) is 21.2 Å². The fourth-order valence-corrected chi connectivity index (χ4v) is 2.83. The highest BCUT2D eigenvalue weighted by molar-refractivity contribution is 7.99. The molecule has 0 aliphatic rings. The number of nitro benzene ring substituents is 1. The minimum atomic E-state index is -0.562. The molecule has 6 heteroatoms. The number of hydrogen-bond acceptors (Lipinski definition) is 5. The van der Waals surface area contributed by atoms with Gasteiger partial charge in [0.2, 0.25) is 0 Å². The van der Waals surface area contributed by atoms with Crippen LogP contribution in [0, 0.1) is 24.0 Å². The molecule has 2 rings (SSSR count). The number of carbonyl (C=O) groups excluding carboxylic acids is 1. The van der Waals surface area contributed by atoms with Crippen LogP contribution >= 0.6 is 11.8 Å². The highest BCUT2D eigenvalue weighted by Gasteiger charge is 2.14. The molecule has 0 radical (unpaired) electrons. The molecule has 0 unspecified atom stereocenters. The molecular weight excluding hydrogens is 276 g/mol. The third-order valence-corrected chi connectivity index (χ3v) is 3.53. The maximum absolute atomic E-state index is 10.9. The smallest absolute Gasteiger partial charge is 0.279 e. The van der Waals surface area contributed by atoms with Crippen molar-refractivity contribution in [2.45, 2.75) is 23.8 Å². The Morgan fingerprint density at radius 1 is 1.25 bits per heavy atom. The normalized spacial score (nSPS) is 10.3. The van der Waals surface area contributed by atoms with Crippen LogP contribution in [-0.4, -0.2) is 16.2 Å². The van der Waals surface area contributed by atoms with E-state index < -0.39 is 4.92 Å². The number of carbonyl (C=O) groups is 1. The summed E-state index contributed by atoms with van der Waals surface area (Å²) in [5, 5.41) is 11.6. The Hall–Kier alpha value is -2.21. The molecule has 5 nitrogen and oxygen atoms in total. The Balaban J connectivity index is 2.34. The summed E-state index contributed by atoms with van der Waals surface area (Å²) in [5.41, 5.74) is 1.89. The van der Waals surface area contributed by atoms with Gasteiger partial charge in [-0.1, -0.05) is 11.8 Å². The number of aryl methyl sites for hydroxylation is 2. The summed E-state index contributed by atoms with van der Waals surface area (Å²) in [6.45, 7) is 3.88. The summed E-state index contributed by atoms with van der Waals surface area (Å²) in [4.78, 5) is 26.2. The van der Waals surface area contributed by atoms with E-state index in [1.807, 2.05) is 26.0 Å². The van der Waals surface area contributed by atoms with Crippen molar-refractivity contribution in [2.24, 2.45) is 0 Å². The number of nitro groups is 1. The van der Waals surface area contributed by atoms with Crippen molar-refractivity contribution in [2.75, 3.05) is 0 Å². The second-order valence-corrected chi connectivity index (χ2v) is 5.42. The average Bonchev–Trinajstić information content (AvgIpc) is 2.37. The predicted molar refractivity (Wildman–Crippen MR) is 76.3 cm³/mol. The van der Waals surface area contributed by atoms with Gasteiger partial charge in [-0.3, -0.25) is 14.9 Å². The third kappa shape index (κ3) is 3.21. The lowest BCUT2D eigenvalue weighted by molar-refractivity contribution is -0.385. The van der Waals surface area contributed by atoms with Gasteiger partial charge in [-0.15, -0.1) is 0 Å². The maximum Gasteiger partial charge on any atom is 0.279 e. The van der Waals surface area contributed by atoms with Crippen LogP contribution in [0.2, 0.25) is 0 Å². The van der Waals surface area contributed by atoms with Crippen LogP contribution in [0.15, 0.2) is 40.3 Å². The predicted octanol–water partition coefficient (Wildman–Crippen LogP) is 3.57. The number of benzene rings is 1. The topological polar surface area (TPSA) is 73.1 Å². The van der Waals surface area contributed by atoms with Crippen LogP contribution in [0.4, 0.5) is 5.69 Å². The minimum absolute atomic E-state index is 0.0735. The lowest BCUT2D eigenvalue weighted by Crippen LogP contribution is -1.94. The molecule has 0 saturated carbocycles. The Labute approximate surface area is 120 Å². The molecule has 102 valence electrons. The van der Waals surface area contributed by atoms with E-state index in [1.165, 1.54) is 23.9 Å². The molecule has 0 aliphatic heterocycles. The molecule has 0 N–H and O–H groups in total. The van der Waals surface area contributed by atoms with Gasteiger partial charge in [-0.05, 0) is 43.7 Å². The van der Waals surface area contributed by atoms with Gasteiger partial charge in [0.15, 0.2) is 6.29 Å². The molecule has 0 saturated heterocycles. The standard InChI is InChI=1S/C14H12N2O3S/c1-9-5-10(2)15-14(6-9)20-12-3-4-13(16(18)19)11(7-12)8-17/h3-8H,1-2H3. The Bertz CT molecular complexity index is 666. The number of nitrogens with zero attached hydrogens (tertiary/aromatic N) is 2. The van der Waals surface area contributed by atoms with Crippen molar-refractivity contribution < 1.29 is 9.72 Å². The zero-order valence-corrected chi connectivity index (χ0v) is 11.8. The van der Waals surface area contributed by atoms with Crippen molar-refractivity contribution in [1.82, 2.24) is 4.98 Å². The molecule has 0 atom stereocenters. The quantitative estimate of drug-likeness (QED) is 0.488. The lowest BCUT2D eigenvalue weighted by Gasteiger charge is -2.05. The zero-order chi connectivity index (χ0) is 14.7. The zero-order valence-electron chi connectivity index (χ0n) is 11.0. The summed E-state index contributed by atoms with van der Waals surface area (Å²) >= 11 is 1.37. The Kier molecular flexibility index (Phi) is 4.14. The lowest BCUT2D eigenvalue weighted by atomic mass is 10.2. The van der Waals surface area contributed by atoms with Crippen LogP contribution in [0.3, 0.4) is 0 Å². The van der Waals surface area contributed by atoms with Crippen LogP contribution in [0.5, 0.6) is 0 Å². The van der Waals surface area contributed by atoms with Gasteiger partial charge in [0.1, 0.15) is 5.03 Å². The van der Waals surface area contributed by atoms with Crippen molar-refractivity contribution >= 4 is 23.7 Å². The number of aldehydes is 1. The number of aromatic nitrogens is 1. The molecule has 0 bridgehead atoms. The molecule has 0 fully saturated rings. The Morgan fingerprint density at radius 3 is 2.60 bits per heavy atom. The van der Waals surface area contributed by atoms with Crippen LogP contribution in [-0.2, 0) is 0 Å². The fraction of sp³-hybridized carbons (Fsp3) is 0.143. The van der Waals surface area contributed by atoms with Gasteiger partial charge in [0, 0.05) is 16.7 Å². The highest BCUT2D eigenvalue weighted by atomic mass is 32.2. The Morgan fingerprint density at radius 2 is 2.00 bits per heavy atom. The van der Waals surface area contributed by atoms with Crippen LogP contribution < -0.4 is 0 Å². The first-order chi connectivity index (χ1) is 9.49. The SMILES string of the molecule is Cc1cc(C)nc(Sc2ccc([N+](=O)[O-])c(C=O)c2)c1. The molecule has 0 aliphatic carbocycles.